The molecule has 0 spiro atoms. The zero-order valence-corrected chi connectivity index (χ0v) is 10.9. The highest BCUT2D eigenvalue weighted by atomic mass is 16.6. The fourth-order valence-electron chi connectivity index (χ4n) is 2.64. The molecule has 0 aliphatic carbocycles. The van der Waals surface area contributed by atoms with Crippen molar-refractivity contribution in [1.29, 1.82) is 0 Å². The van der Waals surface area contributed by atoms with E-state index in [-0.39, 0.29) is 12.2 Å². The number of ether oxygens (including phenoxy) is 2. The monoisotopic (exact) mass is 234 g/mol. The molecule has 1 heterocycles. The van der Waals surface area contributed by atoms with E-state index in [1.807, 2.05) is 18.2 Å². The number of rotatable bonds is 4. The van der Waals surface area contributed by atoms with Crippen molar-refractivity contribution in [1.82, 2.24) is 0 Å². The fourth-order valence-corrected chi connectivity index (χ4v) is 2.64. The average molecular weight is 234 g/mol. The van der Waals surface area contributed by atoms with Crippen LogP contribution < -0.4 is 0 Å². The molecule has 1 aromatic carbocycles. The lowest BCUT2D eigenvalue weighted by Gasteiger charge is -2.19. The van der Waals surface area contributed by atoms with Gasteiger partial charge in [-0.15, -0.1) is 0 Å². The highest BCUT2D eigenvalue weighted by Gasteiger charge is 2.38. The van der Waals surface area contributed by atoms with Crippen LogP contribution in [0, 0.1) is 5.92 Å². The first-order chi connectivity index (χ1) is 8.22. The molecule has 94 valence electrons. The van der Waals surface area contributed by atoms with E-state index in [2.05, 4.69) is 32.9 Å². The Hall–Kier alpha value is -0.860. The molecule has 0 saturated carbocycles. The zero-order valence-electron chi connectivity index (χ0n) is 10.9. The molecule has 2 rings (SSSR count). The summed E-state index contributed by atoms with van der Waals surface area (Å²) in [5, 5.41) is 0. The molecule has 1 unspecified atom stereocenters. The van der Waals surface area contributed by atoms with E-state index in [9.17, 15) is 0 Å². The summed E-state index contributed by atoms with van der Waals surface area (Å²) < 4.78 is 11.9. The van der Waals surface area contributed by atoms with Crippen molar-refractivity contribution in [3.05, 3.63) is 35.9 Å². The average Bonchev–Trinajstić information content (AvgIpc) is 2.63. The summed E-state index contributed by atoms with van der Waals surface area (Å²) >= 11 is 0. The number of hydrogen-bond acceptors (Lipinski definition) is 2. The van der Waals surface area contributed by atoms with E-state index in [0.717, 1.165) is 6.42 Å². The van der Waals surface area contributed by atoms with Crippen molar-refractivity contribution in [2.45, 2.75) is 52.1 Å². The van der Waals surface area contributed by atoms with Gasteiger partial charge in [-0.05, 0) is 18.9 Å². The minimum absolute atomic E-state index is 0.207. The molecule has 4 atom stereocenters. The second kappa shape index (κ2) is 5.65. The molecule has 17 heavy (non-hydrogen) atoms. The van der Waals surface area contributed by atoms with Crippen molar-refractivity contribution in [2.24, 2.45) is 5.92 Å². The normalized spacial score (nSPS) is 32.9. The third kappa shape index (κ3) is 2.88. The highest BCUT2D eigenvalue weighted by molar-refractivity contribution is 5.13. The van der Waals surface area contributed by atoms with Crippen LogP contribution in [0.5, 0.6) is 0 Å². The van der Waals surface area contributed by atoms with Gasteiger partial charge >= 0.3 is 0 Å². The second-order valence-electron chi connectivity index (χ2n) is 4.91. The maximum Gasteiger partial charge on any atom is 0.0888 e. The molecular weight excluding hydrogens is 212 g/mol. The molecule has 0 amide bonds. The molecule has 1 aliphatic rings. The molecule has 2 nitrogen and oxygen atoms in total. The summed E-state index contributed by atoms with van der Waals surface area (Å²) in [4.78, 5) is 0. The van der Waals surface area contributed by atoms with Gasteiger partial charge in [0.05, 0.1) is 24.9 Å². The first-order valence-corrected chi connectivity index (χ1v) is 6.53. The maximum atomic E-state index is 6.02. The van der Waals surface area contributed by atoms with Gasteiger partial charge < -0.3 is 9.47 Å². The van der Waals surface area contributed by atoms with Crippen LogP contribution in [-0.4, -0.2) is 18.3 Å². The van der Waals surface area contributed by atoms with Crippen LogP contribution in [0.2, 0.25) is 0 Å². The zero-order chi connectivity index (χ0) is 12.3. The van der Waals surface area contributed by atoms with Crippen LogP contribution in [0.15, 0.2) is 30.3 Å². The molecular formula is C15H22O2. The van der Waals surface area contributed by atoms with Crippen molar-refractivity contribution < 1.29 is 9.47 Å². The quantitative estimate of drug-likeness (QED) is 0.795. The van der Waals surface area contributed by atoms with Crippen molar-refractivity contribution >= 4 is 0 Å². The molecule has 0 radical (unpaired) electrons. The van der Waals surface area contributed by atoms with E-state index in [4.69, 9.17) is 9.47 Å². The molecule has 1 aromatic rings. The number of benzene rings is 1. The number of hydrogen-bond donors (Lipinski definition) is 0. The summed E-state index contributed by atoms with van der Waals surface area (Å²) in [5.41, 5.74) is 1.23. The van der Waals surface area contributed by atoms with Crippen LogP contribution in [-0.2, 0) is 16.1 Å². The molecule has 0 bridgehead atoms. The van der Waals surface area contributed by atoms with E-state index < -0.39 is 0 Å². The minimum Gasteiger partial charge on any atom is -0.372 e. The summed E-state index contributed by atoms with van der Waals surface area (Å²) in [6, 6.07) is 10.3. The van der Waals surface area contributed by atoms with Gasteiger partial charge in [0, 0.05) is 5.92 Å². The first-order valence-electron chi connectivity index (χ1n) is 6.53. The third-order valence-corrected chi connectivity index (χ3v) is 3.64. The summed E-state index contributed by atoms with van der Waals surface area (Å²) in [5.74, 6) is 0.485. The Morgan fingerprint density at radius 3 is 2.47 bits per heavy atom. The first kappa shape index (κ1) is 12.6. The smallest absolute Gasteiger partial charge is 0.0888 e. The lowest BCUT2D eigenvalue weighted by atomic mass is 9.97. The molecule has 1 saturated heterocycles. The Morgan fingerprint density at radius 1 is 1.18 bits per heavy atom. The van der Waals surface area contributed by atoms with E-state index in [1.54, 1.807) is 0 Å². The summed E-state index contributed by atoms with van der Waals surface area (Å²) in [7, 11) is 0. The minimum atomic E-state index is 0.207. The van der Waals surface area contributed by atoms with Gasteiger partial charge in [0.25, 0.3) is 0 Å². The van der Waals surface area contributed by atoms with Gasteiger partial charge in [0.15, 0.2) is 0 Å². The van der Waals surface area contributed by atoms with Gasteiger partial charge in [-0.3, -0.25) is 0 Å². The summed E-state index contributed by atoms with van der Waals surface area (Å²) in [6.45, 7) is 7.20. The van der Waals surface area contributed by atoms with E-state index in [1.165, 1.54) is 5.56 Å². The molecule has 0 aromatic heterocycles. The molecule has 1 aliphatic heterocycles. The largest absolute Gasteiger partial charge is 0.372 e. The van der Waals surface area contributed by atoms with Crippen molar-refractivity contribution in [3.63, 3.8) is 0 Å². The van der Waals surface area contributed by atoms with Gasteiger partial charge in [0.1, 0.15) is 0 Å². The van der Waals surface area contributed by atoms with Crippen LogP contribution in [0.3, 0.4) is 0 Å². The van der Waals surface area contributed by atoms with Crippen LogP contribution >= 0.6 is 0 Å². The fraction of sp³-hybridized carbons (Fsp3) is 0.600. The predicted molar refractivity (Wildman–Crippen MR) is 68.8 cm³/mol. The molecule has 1 fully saturated rings. The van der Waals surface area contributed by atoms with Crippen LogP contribution in [0.25, 0.3) is 0 Å². The van der Waals surface area contributed by atoms with Gasteiger partial charge in [-0.2, -0.15) is 0 Å². The Morgan fingerprint density at radius 2 is 1.88 bits per heavy atom. The Kier molecular flexibility index (Phi) is 4.19. The predicted octanol–water partition coefficient (Wildman–Crippen LogP) is 3.41. The van der Waals surface area contributed by atoms with E-state index >= 15 is 0 Å². The Bertz CT molecular complexity index is 336. The lowest BCUT2D eigenvalue weighted by molar-refractivity contribution is -0.0234. The SMILES string of the molecule is CC[C@H]1OC(C)[C@H](OCc2ccccc2)[C@@H]1C. The Labute approximate surface area is 104 Å². The highest BCUT2D eigenvalue weighted by Crippen LogP contribution is 2.31. The molecule has 2 heteroatoms. The van der Waals surface area contributed by atoms with Gasteiger partial charge in [-0.1, -0.05) is 44.2 Å². The third-order valence-electron chi connectivity index (χ3n) is 3.64. The standard InChI is InChI=1S/C15H22O2/c1-4-14-11(2)15(12(3)17-14)16-10-13-8-6-5-7-9-13/h5-9,11-12,14-15H,4,10H2,1-3H3/t11-,12?,14-,15-/m1/s1. The van der Waals surface area contributed by atoms with Crippen LogP contribution in [0.1, 0.15) is 32.8 Å². The van der Waals surface area contributed by atoms with Gasteiger partial charge in [-0.25, -0.2) is 0 Å². The summed E-state index contributed by atoms with van der Waals surface area (Å²) in [6.07, 6.45) is 1.85. The maximum absolute atomic E-state index is 6.02. The Balaban J connectivity index is 1.91. The van der Waals surface area contributed by atoms with Crippen LogP contribution in [0.4, 0.5) is 0 Å². The van der Waals surface area contributed by atoms with Gasteiger partial charge in [0.2, 0.25) is 0 Å². The molecule has 0 N–H and O–H groups in total. The van der Waals surface area contributed by atoms with Crippen molar-refractivity contribution in [2.75, 3.05) is 0 Å². The van der Waals surface area contributed by atoms with E-state index in [0.29, 0.717) is 18.6 Å². The topological polar surface area (TPSA) is 18.5 Å². The second-order valence-corrected chi connectivity index (χ2v) is 4.91. The lowest BCUT2D eigenvalue weighted by Crippen LogP contribution is -2.27. The van der Waals surface area contributed by atoms with Crippen molar-refractivity contribution in [3.8, 4) is 0 Å².